The van der Waals surface area contributed by atoms with Crippen LogP contribution in [0.25, 0.3) is 0 Å². The molecule has 42 heavy (non-hydrogen) atoms. The molecule has 0 atom stereocenters. The molecule has 2 N–H and O–H groups in total. The predicted molar refractivity (Wildman–Crippen MR) is 153 cm³/mol. The monoisotopic (exact) mass is 601 g/mol. The van der Waals surface area contributed by atoms with Crippen LogP contribution >= 0.6 is 0 Å². The van der Waals surface area contributed by atoms with Gasteiger partial charge >= 0.3 is 11.9 Å². The van der Waals surface area contributed by atoms with Gasteiger partial charge in [-0.15, -0.1) is 0 Å². The number of benzene rings is 3. The Kier molecular flexibility index (Phi) is 11.4. The maximum atomic E-state index is 13.5. The summed E-state index contributed by atoms with van der Waals surface area (Å²) in [5.74, 6) is -3.91. The van der Waals surface area contributed by atoms with Gasteiger partial charge in [-0.05, 0) is 67.1 Å². The van der Waals surface area contributed by atoms with E-state index in [0.29, 0.717) is 24.3 Å². The van der Waals surface area contributed by atoms with E-state index in [1.54, 1.807) is 54.6 Å². The summed E-state index contributed by atoms with van der Waals surface area (Å²) < 4.78 is 46.3. The normalized spacial score (nSPS) is 13.4. The number of anilines is 1. The van der Waals surface area contributed by atoms with E-state index >= 15 is 0 Å². The van der Waals surface area contributed by atoms with Gasteiger partial charge in [-0.2, -0.15) is 0 Å². The Morgan fingerprint density at radius 1 is 0.857 bits per heavy atom. The number of halogens is 1. The van der Waals surface area contributed by atoms with Crippen molar-refractivity contribution in [3.8, 4) is 5.75 Å². The molecule has 0 aromatic heterocycles. The van der Waals surface area contributed by atoms with E-state index < -0.39 is 27.9 Å². The number of amides is 1. The average molecular weight is 602 g/mol. The number of nitrogens with zero attached hydrogens (tertiary/aromatic N) is 3. The van der Waals surface area contributed by atoms with Gasteiger partial charge in [-0.25, -0.2) is 26.7 Å². The maximum absolute atomic E-state index is 13.5. The van der Waals surface area contributed by atoms with E-state index in [1.165, 1.54) is 31.4 Å². The van der Waals surface area contributed by atoms with Crippen LogP contribution in [-0.2, 0) is 19.6 Å². The van der Waals surface area contributed by atoms with Gasteiger partial charge in [0.15, 0.2) is 0 Å². The molecule has 4 rings (SSSR count). The number of carboxylic acids is 2. The van der Waals surface area contributed by atoms with Crippen molar-refractivity contribution in [3.63, 3.8) is 0 Å². The first kappa shape index (κ1) is 32.0. The minimum atomic E-state index is -4.05. The summed E-state index contributed by atoms with van der Waals surface area (Å²) in [6, 6.07) is 21.0. The third-order valence-electron chi connectivity index (χ3n) is 6.48. The number of hydrogen-bond acceptors (Lipinski definition) is 8. The number of methoxy groups -OCH3 is 1. The average Bonchev–Trinajstić information content (AvgIpc) is 3.00. The molecule has 0 radical (unpaired) electrons. The fourth-order valence-electron chi connectivity index (χ4n) is 4.25. The standard InChI is InChI=1S/C27H30FN3O4S.C2H2O4/c1-35-25-12-14-26(15-13-25)36(33,34)31(27(32)22-6-3-2-4-7-22)17-5-16-29-18-20-30(21-19-29)24-10-8-23(28)9-11-24;3-1(4)2(5)6/h2-4,6-15H,5,16-21H2,1H3;(H,3,4)(H,5,6). The summed E-state index contributed by atoms with van der Waals surface area (Å²) in [4.78, 5) is 36.0. The number of carboxylic acid groups (broad SMARTS) is 2. The third-order valence-corrected chi connectivity index (χ3v) is 8.27. The molecule has 13 heteroatoms. The van der Waals surface area contributed by atoms with Crippen molar-refractivity contribution in [1.29, 1.82) is 0 Å². The van der Waals surface area contributed by atoms with Crippen LogP contribution in [0.2, 0.25) is 0 Å². The molecule has 224 valence electrons. The topological polar surface area (TPSA) is 145 Å². The Bertz CT molecular complexity index is 1430. The van der Waals surface area contributed by atoms with Crippen molar-refractivity contribution in [1.82, 2.24) is 9.21 Å². The zero-order chi connectivity index (χ0) is 30.7. The van der Waals surface area contributed by atoms with Crippen molar-refractivity contribution in [3.05, 3.63) is 90.2 Å². The molecule has 1 aliphatic rings. The summed E-state index contributed by atoms with van der Waals surface area (Å²) in [6.45, 7) is 3.92. The fourth-order valence-corrected chi connectivity index (χ4v) is 5.68. The molecular weight excluding hydrogens is 569 g/mol. The summed E-state index contributed by atoms with van der Waals surface area (Å²) >= 11 is 0. The molecule has 1 aliphatic heterocycles. The predicted octanol–water partition coefficient (Wildman–Crippen LogP) is 3.03. The third kappa shape index (κ3) is 8.75. The van der Waals surface area contributed by atoms with E-state index in [-0.39, 0.29) is 17.3 Å². The van der Waals surface area contributed by atoms with Gasteiger partial charge in [-0.1, -0.05) is 18.2 Å². The molecule has 0 aliphatic carbocycles. The van der Waals surface area contributed by atoms with Crippen molar-refractivity contribution < 1.29 is 42.1 Å². The number of hydrogen-bond donors (Lipinski definition) is 2. The lowest BCUT2D eigenvalue weighted by Crippen LogP contribution is -2.47. The Morgan fingerprint density at radius 3 is 1.95 bits per heavy atom. The first-order valence-electron chi connectivity index (χ1n) is 13.0. The molecule has 1 saturated heterocycles. The molecule has 3 aromatic rings. The van der Waals surface area contributed by atoms with Crippen molar-refractivity contribution in [2.75, 3.05) is 51.3 Å². The second-order valence-corrected chi connectivity index (χ2v) is 11.1. The molecule has 0 unspecified atom stereocenters. The number of piperazine rings is 1. The van der Waals surface area contributed by atoms with E-state index in [0.717, 1.165) is 36.2 Å². The largest absolute Gasteiger partial charge is 0.497 e. The minimum absolute atomic E-state index is 0.0421. The van der Waals surface area contributed by atoms with E-state index in [4.69, 9.17) is 24.5 Å². The van der Waals surface area contributed by atoms with Gasteiger partial charge in [0.1, 0.15) is 11.6 Å². The first-order valence-corrected chi connectivity index (χ1v) is 14.4. The van der Waals surface area contributed by atoms with Crippen molar-refractivity contribution in [2.45, 2.75) is 11.3 Å². The summed E-state index contributed by atoms with van der Waals surface area (Å²) in [7, 11) is -2.55. The quantitative estimate of drug-likeness (QED) is 0.351. The smallest absolute Gasteiger partial charge is 0.414 e. The molecule has 0 spiro atoms. The molecule has 1 heterocycles. The molecule has 3 aromatic carbocycles. The van der Waals surface area contributed by atoms with Crippen LogP contribution in [0.4, 0.5) is 10.1 Å². The number of carbonyl (C=O) groups is 3. The van der Waals surface area contributed by atoms with Gasteiger partial charge < -0.3 is 19.8 Å². The van der Waals surface area contributed by atoms with Gasteiger partial charge in [0, 0.05) is 50.5 Å². The lowest BCUT2D eigenvalue weighted by Gasteiger charge is -2.36. The number of aliphatic carboxylic acids is 2. The molecule has 1 fully saturated rings. The highest BCUT2D eigenvalue weighted by Crippen LogP contribution is 2.22. The maximum Gasteiger partial charge on any atom is 0.414 e. The minimum Gasteiger partial charge on any atom is -0.497 e. The van der Waals surface area contributed by atoms with E-state index in [9.17, 15) is 17.6 Å². The molecule has 11 nitrogen and oxygen atoms in total. The number of ether oxygens (including phenoxy) is 1. The zero-order valence-corrected chi connectivity index (χ0v) is 23.7. The summed E-state index contributed by atoms with van der Waals surface area (Å²) in [5.41, 5.74) is 1.31. The molecule has 0 saturated carbocycles. The second kappa shape index (κ2) is 14.9. The summed E-state index contributed by atoms with van der Waals surface area (Å²) in [6.07, 6.45) is 0.504. The van der Waals surface area contributed by atoms with Crippen molar-refractivity contribution >= 4 is 33.6 Å². The highest BCUT2D eigenvalue weighted by Gasteiger charge is 2.30. The highest BCUT2D eigenvalue weighted by atomic mass is 32.2. The van der Waals surface area contributed by atoms with Gasteiger partial charge in [0.25, 0.3) is 15.9 Å². The van der Waals surface area contributed by atoms with E-state index in [1.807, 2.05) is 0 Å². The highest BCUT2D eigenvalue weighted by molar-refractivity contribution is 7.89. The van der Waals surface area contributed by atoms with E-state index in [2.05, 4.69) is 9.80 Å². The SMILES string of the molecule is COc1ccc(S(=O)(=O)N(CCCN2CCN(c3ccc(F)cc3)CC2)C(=O)c2ccccc2)cc1.O=C(O)C(=O)O. The van der Waals surface area contributed by atoms with Crippen LogP contribution in [0.5, 0.6) is 5.75 Å². The molecule has 1 amide bonds. The van der Waals surface area contributed by atoms with Crippen LogP contribution in [-0.4, -0.2) is 92.1 Å². The lowest BCUT2D eigenvalue weighted by molar-refractivity contribution is -0.159. The first-order chi connectivity index (χ1) is 20.0. The number of carbonyl (C=O) groups excluding carboxylic acids is 1. The Labute approximate surface area is 243 Å². The van der Waals surface area contributed by atoms with Crippen LogP contribution in [0.15, 0.2) is 83.8 Å². The molecular formula is C29H32FN3O8S. The lowest BCUT2D eigenvalue weighted by atomic mass is 10.2. The van der Waals surface area contributed by atoms with Gasteiger partial charge in [-0.3, -0.25) is 9.69 Å². The van der Waals surface area contributed by atoms with Crippen LogP contribution in [0.1, 0.15) is 16.8 Å². The zero-order valence-electron chi connectivity index (χ0n) is 22.9. The fraction of sp³-hybridized carbons (Fsp3) is 0.276. The Morgan fingerprint density at radius 2 is 1.43 bits per heavy atom. The Hall–Kier alpha value is -4.49. The second-order valence-electron chi connectivity index (χ2n) is 9.19. The van der Waals surface area contributed by atoms with Gasteiger partial charge in [0.2, 0.25) is 0 Å². The van der Waals surface area contributed by atoms with Crippen LogP contribution in [0.3, 0.4) is 0 Å². The summed E-state index contributed by atoms with van der Waals surface area (Å²) in [5, 5.41) is 14.8. The Balaban J connectivity index is 0.000000730. The van der Waals surface area contributed by atoms with Crippen molar-refractivity contribution in [2.24, 2.45) is 0 Å². The number of sulfonamides is 1. The van der Waals surface area contributed by atoms with Crippen LogP contribution in [0, 0.1) is 5.82 Å². The van der Waals surface area contributed by atoms with Gasteiger partial charge in [0.05, 0.1) is 12.0 Å². The van der Waals surface area contributed by atoms with Crippen LogP contribution < -0.4 is 9.64 Å². The number of rotatable bonds is 9. The molecule has 0 bridgehead atoms.